The van der Waals surface area contributed by atoms with Crippen LogP contribution >= 0.6 is 0 Å². The number of rotatable bonds is 7. The van der Waals surface area contributed by atoms with Gasteiger partial charge in [-0.25, -0.2) is 4.98 Å². The van der Waals surface area contributed by atoms with E-state index in [9.17, 15) is 0 Å². The summed E-state index contributed by atoms with van der Waals surface area (Å²) in [5.74, 6) is 1.66. The summed E-state index contributed by atoms with van der Waals surface area (Å²) in [6.07, 6.45) is 2.68. The van der Waals surface area contributed by atoms with Crippen molar-refractivity contribution in [2.24, 2.45) is 4.99 Å². The molecule has 0 amide bonds. The van der Waals surface area contributed by atoms with Crippen LogP contribution in [0.15, 0.2) is 65.8 Å². The molecule has 0 saturated heterocycles. The van der Waals surface area contributed by atoms with Crippen molar-refractivity contribution in [3.63, 3.8) is 0 Å². The van der Waals surface area contributed by atoms with Crippen LogP contribution in [0, 0.1) is 0 Å². The smallest absolute Gasteiger partial charge is 0.191 e. The molecule has 0 bridgehead atoms. The molecule has 1 aromatic carbocycles. The fourth-order valence-corrected chi connectivity index (χ4v) is 2.61. The summed E-state index contributed by atoms with van der Waals surface area (Å²) in [6, 6.07) is 18.1. The summed E-state index contributed by atoms with van der Waals surface area (Å²) in [7, 11) is 1.77. The van der Waals surface area contributed by atoms with Crippen LogP contribution in [0.25, 0.3) is 10.9 Å². The van der Waals surface area contributed by atoms with Gasteiger partial charge in [0.15, 0.2) is 5.96 Å². The number of benzene rings is 1. The molecule has 0 radical (unpaired) electrons. The minimum Gasteiger partial charge on any atom is -0.368 e. The topological polar surface area (TPSA) is 74.2 Å². The van der Waals surface area contributed by atoms with Gasteiger partial charge in [-0.05, 0) is 30.3 Å². The van der Waals surface area contributed by atoms with E-state index in [0.717, 1.165) is 54.4 Å². The normalized spacial score (nSPS) is 11.3. The maximum atomic E-state index is 4.60. The summed E-state index contributed by atoms with van der Waals surface area (Å²) >= 11 is 0. The molecule has 6 nitrogen and oxygen atoms in total. The molecule has 2 heterocycles. The van der Waals surface area contributed by atoms with Gasteiger partial charge in [0.05, 0.1) is 5.52 Å². The van der Waals surface area contributed by atoms with Crippen molar-refractivity contribution in [3.05, 3.63) is 66.5 Å². The van der Waals surface area contributed by atoms with E-state index in [4.69, 9.17) is 0 Å². The Morgan fingerprint density at radius 2 is 1.77 bits per heavy atom. The van der Waals surface area contributed by atoms with Gasteiger partial charge in [0.2, 0.25) is 0 Å². The van der Waals surface area contributed by atoms with E-state index in [2.05, 4.69) is 43.0 Å². The average molecular weight is 348 g/mol. The van der Waals surface area contributed by atoms with E-state index in [0.29, 0.717) is 0 Å². The zero-order chi connectivity index (χ0) is 18.0. The van der Waals surface area contributed by atoms with Gasteiger partial charge >= 0.3 is 0 Å². The molecule has 0 spiro atoms. The van der Waals surface area contributed by atoms with Gasteiger partial charge < -0.3 is 16.0 Å². The molecule has 6 heteroatoms. The van der Waals surface area contributed by atoms with Gasteiger partial charge in [-0.1, -0.05) is 24.3 Å². The fraction of sp³-hybridized carbons (Fsp3) is 0.250. The Labute approximate surface area is 153 Å². The molecule has 0 unspecified atom stereocenters. The van der Waals surface area contributed by atoms with E-state index in [1.165, 1.54) is 0 Å². The molecule has 0 fully saturated rings. The molecular formula is C20H24N6. The lowest BCUT2D eigenvalue weighted by Gasteiger charge is -2.12. The predicted octanol–water partition coefficient (Wildman–Crippen LogP) is 2.45. The van der Waals surface area contributed by atoms with Crippen LogP contribution in [0.1, 0.15) is 5.69 Å². The molecule has 3 N–H and O–H groups in total. The molecule has 2 aromatic heterocycles. The summed E-state index contributed by atoms with van der Waals surface area (Å²) in [6.45, 7) is 2.29. The Morgan fingerprint density at radius 3 is 2.62 bits per heavy atom. The second kappa shape index (κ2) is 9.36. The first-order chi connectivity index (χ1) is 12.8. The first-order valence-corrected chi connectivity index (χ1v) is 8.79. The molecular weight excluding hydrogens is 324 g/mol. The van der Waals surface area contributed by atoms with Gasteiger partial charge in [0.25, 0.3) is 0 Å². The van der Waals surface area contributed by atoms with Crippen LogP contribution < -0.4 is 16.0 Å². The minimum atomic E-state index is 0.748. The highest BCUT2D eigenvalue weighted by molar-refractivity contribution is 5.80. The number of hydrogen-bond acceptors (Lipinski definition) is 4. The number of fused-ring (bicyclic) bond motifs is 1. The highest BCUT2D eigenvalue weighted by atomic mass is 15.2. The summed E-state index contributed by atoms with van der Waals surface area (Å²) in [5, 5.41) is 11.1. The maximum absolute atomic E-state index is 4.60. The monoisotopic (exact) mass is 348 g/mol. The average Bonchev–Trinajstić information content (AvgIpc) is 2.70. The molecule has 0 aliphatic rings. The van der Waals surface area contributed by atoms with Crippen molar-refractivity contribution in [2.75, 3.05) is 32.0 Å². The SMILES string of the molecule is CN=C(NCCNc1ccc2ccccc2n1)NCCc1ccccn1. The van der Waals surface area contributed by atoms with Crippen LogP contribution in [-0.2, 0) is 6.42 Å². The van der Waals surface area contributed by atoms with Crippen molar-refractivity contribution in [1.82, 2.24) is 20.6 Å². The Kier molecular flexibility index (Phi) is 6.36. The van der Waals surface area contributed by atoms with Crippen molar-refractivity contribution >= 4 is 22.7 Å². The molecule has 26 heavy (non-hydrogen) atoms. The second-order valence-electron chi connectivity index (χ2n) is 5.81. The van der Waals surface area contributed by atoms with E-state index in [1.807, 2.05) is 48.7 Å². The van der Waals surface area contributed by atoms with E-state index in [-0.39, 0.29) is 0 Å². The molecule has 3 rings (SSSR count). The summed E-state index contributed by atoms with van der Waals surface area (Å²) in [4.78, 5) is 13.2. The third-order valence-electron chi connectivity index (χ3n) is 3.95. The van der Waals surface area contributed by atoms with Crippen molar-refractivity contribution in [1.29, 1.82) is 0 Å². The molecule has 0 aliphatic carbocycles. The zero-order valence-electron chi connectivity index (χ0n) is 14.9. The third-order valence-corrected chi connectivity index (χ3v) is 3.95. The standard InChI is InChI=1S/C20H24N6/c1-21-20(24-13-11-17-7-4-5-12-22-17)25-15-14-23-19-10-9-16-6-2-3-8-18(16)26-19/h2-10,12H,11,13-15H2,1H3,(H,23,26)(H2,21,24,25). The van der Waals surface area contributed by atoms with Crippen molar-refractivity contribution < 1.29 is 0 Å². The number of anilines is 1. The first-order valence-electron chi connectivity index (χ1n) is 8.79. The largest absolute Gasteiger partial charge is 0.368 e. The van der Waals surface area contributed by atoms with Crippen LogP contribution in [0.3, 0.4) is 0 Å². The van der Waals surface area contributed by atoms with E-state index in [1.54, 1.807) is 7.05 Å². The van der Waals surface area contributed by atoms with Gasteiger partial charge in [0.1, 0.15) is 5.82 Å². The van der Waals surface area contributed by atoms with Crippen LogP contribution in [0.4, 0.5) is 5.82 Å². The third kappa shape index (κ3) is 5.17. The summed E-state index contributed by atoms with van der Waals surface area (Å²) < 4.78 is 0. The Hall–Kier alpha value is -3.15. The number of nitrogens with one attached hydrogen (secondary N) is 3. The van der Waals surface area contributed by atoms with Gasteiger partial charge in [0, 0.05) is 50.4 Å². The number of para-hydroxylation sites is 1. The highest BCUT2D eigenvalue weighted by Gasteiger charge is 2.00. The summed E-state index contributed by atoms with van der Waals surface area (Å²) in [5.41, 5.74) is 2.07. The van der Waals surface area contributed by atoms with Crippen LogP contribution in [0.5, 0.6) is 0 Å². The quantitative estimate of drug-likeness (QED) is 0.347. The lowest BCUT2D eigenvalue weighted by molar-refractivity contribution is 0.787. The second-order valence-corrected chi connectivity index (χ2v) is 5.81. The molecule has 0 atom stereocenters. The minimum absolute atomic E-state index is 0.748. The number of nitrogens with zero attached hydrogens (tertiary/aromatic N) is 3. The van der Waals surface area contributed by atoms with E-state index < -0.39 is 0 Å². The molecule has 134 valence electrons. The van der Waals surface area contributed by atoms with Crippen LogP contribution in [0.2, 0.25) is 0 Å². The maximum Gasteiger partial charge on any atom is 0.191 e. The number of aliphatic imine (C=N–C) groups is 1. The number of hydrogen-bond donors (Lipinski definition) is 3. The highest BCUT2D eigenvalue weighted by Crippen LogP contribution is 2.13. The predicted molar refractivity (Wildman–Crippen MR) is 108 cm³/mol. The van der Waals surface area contributed by atoms with Gasteiger partial charge in [-0.15, -0.1) is 0 Å². The number of guanidine groups is 1. The van der Waals surface area contributed by atoms with E-state index >= 15 is 0 Å². The fourth-order valence-electron chi connectivity index (χ4n) is 2.61. The number of aromatic nitrogens is 2. The Morgan fingerprint density at radius 1 is 0.923 bits per heavy atom. The number of pyridine rings is 2. The van der Waals surface area contributed by atoms with Gasteiger partial charge in [-0.3, -0.25) is 9.98 Å². The molecule has 0 aliphatic heterocycles. The van der Waals surface area contributed by atoms with Crippen molar-refractivity contribution in [2.45, 2.75) is 6.42 Å². The lowest BCUT2D eigenvalue weighted by atomic mass is 10.2. The zero-order valence-corrected chi connectivity index (χ0v) is 14.9. The molecule has 0 saturated carbocycles. The Bertz CT molecular complexity index is 847. The lowest BCUT2D eigenvalue weighted by Crippen LogP contribution is -2.40. The van der Waals surface area contributed by atoms with Gasteiger partial charge in [-0.2, -0.15) is 0 Å². The Balaban J connectivity index is 1.38. The first kappa shape index (κ1) is 17.7. The molecule has 3 aromatic rings. The van der Waals surface area contributed by atoms with Crippen molar-refractivity contribution in [3.8, 4) is 0 Å². The van der Waals surface area contributed by atoms with Crippen LogP contribution in [-0.4, -0.2) is 42.6 Å².